The minimum atomic E-state index is -0.113. The summed E-state index contributed by atoms with van der Waals surface area (Å²) in [6.07, 6.45) is 5.32. The molecule has 3 heterocycles. The lowest BCUT2D eigenvalue weighted by atomic mass is 10.00. The van der Waals surface area contributed by atoms with Crippen LogP contribution in [0, 0.1) is 5.92 Å². The molecule has 5 heteroatoms. The van der Waals surface area contributed by atoms with Crippen LogP contribution in [0.5, 0.6) is 0 Å². The monoisotopic (exact) mass is 289 g/mol. The van der Waals surface area contributed by atoms with Crippen LogP contribution < -0.4 is 5.56 Å². The number of likely N-dealkylation sites (tertiary alicyclic amines) is 1. The molecule has 2 atom stereocenters. The second kappa shape index (κ2) is 6.02. The lowest BCUT2D eigenvalue weighted by Crippen LogP contribution is -2.44. The number of nitrogens with zero attached hydrogens (tertiary/aromatic N) is 3. The van der Waals surface area contributed by atoms with Crippen LogP contribution in [0.15, 0.2) is 29.2 Å². The smallest absolute Gasteiger partial charge is 0.250 e. The Morgan fingerprint density at radius 3 is 2.90 bits per heavy atom. The molecule has 21 heavy (non-hydrogen) atoms. The molecule has 2 aliphatic heterocycles. The number of carbonyl (C=O) groups excluding carboxylic acids is 1. The van der Waals surface area contributed by atoms with Crippen molar-refractivity contribution in [3.8, 4) is 0 Å². The lowest BCUT2D eigenvalue weighted by molar-refractivity contribution is -0.132. The Bertz CT molecular complexity index is 569. The van der Waals surface area contributed by atoms with Crippen molar-refractivity contribution in [2.75, 3.05) is 26.7 Å². The van der Waals surface area contributed by atoms with Gasteiger partial charge in [0.25, 0.3) is 5.56 Å². The summed E-state index contributed by atoms with van der Waals surface area (Å²) in [5.74, 6) is 0.634. The van der Waals surface area contributed by atoms with Crippen molar-refractivity contribution in [1.29, 1.82) is 0 Å². The molecule has 2 fully saturated rings. The highest BCUT2D eigenvalue weighted by Gasteiger charge is 2.32. The average Bonchev–Trinajstić information content (AvgIpc) is 2.69. The van der Waals surface area contributed by atoms with Gasteiger partial charge in [-0.3, -0.25) is 9.59 Å². The molecule has 2 bridgehead atoms. The number of fused-ring (bicyclic) bond motifs is 3. The van der Waals surface area contributed by atoms with Gasteiger partial charge in [-0.05, 0) is 31.9 Å². The summed E-state index contributed by atoms with van der Waals surface area (Å²) in [5, 5.41) is 0. The molecule has 0 spiro atoms. The summed E-state index contributed by atoms with van der Waals surface area (Å²) in [6.45, 7) is 2.87. The summed E-state index contributed by atoms with van der Waals surface area (Å²) in [4.78, 5) is 28.7. The Labute approximate surface area is 125 Å². The molecule has 1 aromatic heterocycles. The Kier molecular flexibility index (Phi) is 4.10. The Balaban J connectivity index is 1.73. The van der Waals surface area contributed by atoms with Crippen molar-refractivity contribution in [2.24, 2.45) is 5.92 Å². The number of hydrogen-bond donors (Lipinski definition) is 0. The normalized spacial score (nSPS) is 26.4. The van der Waals surface area contributed by atoms with Crippen LogP contribution in [0.3, 0.4) is 0 Å². The molecule has 1 amide bonds. The van der Waals surface area contributed by atoms with Crippen molar-refractivity contribution in [3.63, 3.8) is 0 Å². The maximum atomic E-state index is 12.6. The third kappa shape index (κ3) is 3.18. The Morgan fingerprint density at radius 1 is 1.24 bits per heavy atom. The number of carbonyl (C=O) groups is 1. The predicted molar refractivity (Wildman–Crippen MR) is 81.0 cm³/mol. The number of rotatable bonds is 2. The first-order valence-electron chi connectivity index (χ1n) is 7.77. The fourth-order valence-electron chi connectivity index (χ4n) is 3.57. The molecule has 0 aromatic carbocycles. The van der Waals surface area contributed by atoms with Crippen LogP contribution in [-0.4, -0.2) is 53.0 Å². The van der Waals surface area contributed by atoms with Crippen LogP contribution >= 0.6 is 0 Å². The molecule has 1 aromatic rings. The van der Waals surface area contributed by atoms with Crippen molar-refractivity contribution in [1.82, 2.24) is 14.4 Å². The second-order valence-electron chi connectivity index (χ2n) is 6.36. The molecule has 114 valence electrons. The lowest BCUT2D eigenvalue weighted by Gasteiger charge is -2.30. The Hall–Kier alpha value is -1.62. The molecule has 2 aliphatic rings. The van der Waals surface area contributed by atoms with Crippen molar-refractivity contribution < 1.29 is 4.79 Å². The summed E-state index contributed by atoms with van der Waals surface area (Å²) in [5.41, 5.74) is -0.113. The quantitative estimate of drug-likeness (QED) is 0.809. The molecular weight excluding hydrogens is 266 g/mol. The van der Waals surface area contributed by atoms with Gasteiger partial charge in [0.2, 0.25) is 5.91 Å². The van der Waals surface area contributed by atoms with Gasteiger partial charge < -0.3 is 14.4 Å². The highest BCUT2D eigenvalue weighted by Crippen LogP contribution is 2.25. The molecule has 2 saturated heterocycles. The van der Waals surface area contributed by atoms with E-state index < -0.39 is 0 Å². The standard InChI is InChI=1S/C16H23N3O2/c1-17-9-13-5-4-6-14(17)11-19(10-13)16(21)12-18-8-3-2-7-15(18)20/h2-3,7-8,13-14H,4-6,9-12H2,1H3/t13-,14-/m0/s1. The zero-order valence-corrected chi connectivity index (χ0v) is 12.6. The fraction of sp³-hybridized carbons (Fsp3) is 0.625. The summed E-state index contributed by atoms with van der Waals surface area (Å²) in [7, 11) is 2.17. The minimum Gasteiger partial charge on any atom is -0.339 e. The van der Waals surface area contributed by atoms with E-state index >= 15 is 0 Å². The zero-order chi connectivity index (χ0) is 14.8. The van der Waals surface area contributed by atoms with E-state index in [9.17, 15) is 9.59 Å². The van der Waals surface area contributed by atoms with Crippen LogP contribution in [0.2, 0.25) is 0 Å². The van der Waals surface area contributed by atoms with E-state index in [-0.39, 0.29) is 18.0 Å². The third-order valence-electron chi connectivity index (χ3n) is 4.79. The van der Waals surface area contributed by atoms with Crippen LogP contribution in [0.4, 0.5) is 0 Å². The highest BCUT2D eigenvalue weighted by molar-refractivity contribution is 5.76. The van der Waals surface area contributed by atoms with Crippen molar-refractivity contribution in [2.45, 2.75) is 31.8 Å². The van der Waals surface area contributed by atoms with Gasteiger partial charge in [0.1, 0.15) is 6.54 Å². The average molecular weight is 289 g/mol. The van der Waals surface area contributed by atoms with E-state index in [1.165, 1.54) is 29.9 Å². The van der Waals surface area contributed by atoms with Gasteiger partial charge in [0, 0.05) is 37.9 Å². The molecule has 3 rings (SSSR count). The first-order valence-corrected chi connectivity index (χ1v) is 7.77. The third-order valence-corrected chi connectivity index (χ3v) is 4.79. The molecule has 0 N–H and O–H groups in total. The van der Waals surface area contributed by atoms with Crippen molar-refractivity contribution >= 4 is 5.91 Å². The van der Waals surface area contributed by atoms with Gasteiger partial charge >= 0.3 is 0 Å². The van der Waals surface area contributed by atoms with Gasteiger partial charge in [-0.2, -0.15) is 0 Å². The predicted octanol–water partition coefficient (Wildman–Crippen LogP) is 0.791. The van der Waals surface area contributed by atoms with E-state index in [0.29, 0.717) is 12.0 Å². The van der Waals surface area contributed by atoms with E-state index in [2.05, 4.69) is 11.9 Å². The maximum Gasteiger partial charge on any atom is 0.250 e. The molecule has 0 aliphatic carbocycles. The molecule has 5 nitrogen and oxygen atoms in total. The minimum absolute atomic E-state index is 0.0653. The number of amides is 1. The van der Waals surface area contributed by atoms with Gasteiger partial charge in [0.05, 0.1) is 0 Å². The van der Waals surface area contributed by atoms with Gasteiger partial charge in [-0.15, -0.1) is 0 Å². The SMILES string of the molecule is CN1C[C@@H]2CCC[C@H]1CN(C(=O)Cn1ccccc1=O)C2. The topological polar surface area (TPSA) is 45.5 Å². The number of aromatic nitrogens is 1. The number of hydrogen-bond acceptors (Lipinski definition) is 3. The summed E-state index contributed by atoms with van der Waals surface area (Å²) < 4.78 is 1.49. The zero-order valence-electron chi connectivity index (χ0n) is 12.6. The van der Waals surface area contributed by atoms with E-state index in [1.807, 2.05) is 4.90 Å². The van der Waals surface area contributed by atoms with Crippen LogP contribution in [0.1, 0.15) is 19.3 Å². The van der Waals surface area contributed by atoms with E-state index in [0.717, 1.165) is 19.6 Å². The summed E-state index contributed by atoms with van der Waals surface area (Å²) in [6, 6.07) is 5.46. The van der Waals surface area contributed by atoms with Gasteiger partial charge in [-0.25, -0.2) is 0 Å². The van der Waals surface area contributed by atoms with Gasteiger partial charge in [-0.1, -0.05) is 12.5 Å². The number of likely N-dealkylation sites (N-methyl/N-ethyl adjacent to an activating group) is 1. The Morgan fingerprint density at radius 2 is 2.10 bits per heavy atom. The molecular formula is C16H23N3O2. The maximum absolute atomic E-state index is 12.6. The van der Waals surface area contributed by atoms with E-state index in [4.69, 9.17) is 0 Å². The van der Waals surface area contributed by atoms with Crippen molar-refractivity contribution in [3.05, 3.63) is 34.7 Å². The largest absolute Gasteiger partial charge is 0.339 e. The highest BCUT2D eigenvalue weighted by atomic mass is 16.2. The number of pyridine rings is 1. The molecule has 0 saturated carbocycles. The molecule has 0 unspecified atom stereocenters. The van der Waals surface area contributed by atoms with Gasteiger partial charge in [0.15, 0.2) is 0 Å². The first kappa shape index (κ1) is 14.3. The van der Waals surface area contributed by atoms with E-state index in [1.54, 1.807) is 18.3 Å². The summed E-state index contributed by atoms with van der Waals surface area (Å²) >= 11 is 0. The van der Waals surface area contributed by atoms with Crippen LogP contribution in [-0.2, 0) is 11.3 Å². The molecule has 0 radical (unpaired) electrons. The fourth-order valence-corrected chi connectivity index (χ4v) is 3.57. The first-order chi connectivity index (χ1) is 10.1. The second-order valence-corrected chi connectivity index (χ2v) is 6.36. The van der Waals surface area contributed by atoms with Crippen LogP contribution in [0.25, 0.3) is 0 Å².